The van der Waals surface area contributed by atoms with Gasteiger partial charge in [0.1, 0.15) is 0 Å². The van der Waals surface area contributed by atoms with E-state index in [0.29, 0.717) is 11.3 Å². The van der Waals surface area contributed by atoms with Gasteiger partial charge in [0.15, 0.2) is 5.96 Å². The van der Waals surface area contributed by atoms with E-state index < -0.39 is 0 Å². The predicted molar refractivity (Wildman–Crippen MR) is 103 cm³/mol. The highest BCUT2D eigenvalue weighted by Crippen LogP contribution is 2.46. The summed E-state index contributed by atoms with van der Waals surface area (Å²) in [5, 5.41) is 3.63. The average Bonchev–Trinajstić information content (AvgIpc) is 3.04. The van der Waals surface area contributed by atoms with Gasteiger partial charge >= 0.3 is 0 Å². The van der Waals surface area contributed by atoms with Crippen LogP contribution in [-0.2, 0) is 0 Å². The monoisotopic (exact) mass is 328 g/mol. The van der Waals surface area contributed by atoms with Gasteiger partial charge in [-0.3, -0.25) is 4.99 Å². The summed E-state index contributed by atoms with van der Waals surface area (Å²) in [5.41, 5.74) is 1.83. The maximum Gasteiger partial charge on any atom is 0.194 e. The van der Waals surface area contributed by atoms with Crippen molar-refractivity contribution in [1.29, 1.82) is 0 Å². The number of likely N-dealkylation sites (tertiary alicyclic amines) is 1. The lowest BCUT2D eigenvalue weighted by Gasteiger charge is -2.62. The molecular formula is C20H32N4. The Balaban J connectivity index is 1.53. The molecule has 4 nitrogen and oxygen atoms in total. The van der Waals surface area contributed by atoms with Gasteiger partial charge in [-0.2, -0.15) is 0 Å². The Bertz CT molecular complexity index is 591. The van der Waals surface area contributed by atoms with E-state index in [1.807, 2.05) is 7.05 Å². The molecule has 132 valence electrons. The maximum absolute atomic E-state index is 4.53. The first-order valence-electron chi connectivity index (χ1n) is 9.13. The van der Waals surface area contributed by atoms with Crippen LogP contribution in [-0.4, -0.2) is 49.6 Å². The van der Waals surface area contributed by atoms with Crippen molar-refractivity contribution < 1.29 is 0 Å². The number of nitrogens with one attached hydrogen (secondary N) is 1. The van der Waals surface area contributed by atoms with Gasteiger partial charge in [-0.05, 0) is 38.3 Å². The Morgan fingerprint density at radius 1 is 1.21 bits per heavy atom. The number of hydrogen-bond donors (Lipinski definition) is 1. The maximum atomic E-state index is 4.53. The number of rotatable bonds is 3. The van der Waals surface area contributed by atoms with Crippen molar-refractivity contribution in [3.05, 3.63) is 30.3 Å². The molecule has 24 heavy (non-hydrogen) atoms. The highest BCUT2D eigenvalue weighted by molar-refractivity contribution is 5.82. The first-order chi connectivity index (χ1) is 11.3. The number of hydrogen-bond acceptors (Lipinski definition) is 2. The molecule has 2 saturated heterocycles. The second kappa shape index (κ2) is 6.30. The standard InChI is InChI=1S/C20H32N4/c1-19(2)15-24(20(19,3)4)18(21-5)22-13-16-11-12-23(14-16)17-9-7-6-8-10-17/h6-10,16H,11-15H2,1-5H3,(H,21,22). The number of guanidine groups is 1. The van der Waals surface area contributed by atoms with Crippen molar-refractivity contribution in [2.75, 3.05) is 38.1 Å². The minimum atomic E-state index is 0.153. The van der Waals surface area contributed by atoms with Crippen molar-refractivity contribution in [3.8, 4) is 0 Å². The van der Waals surface area contributed by atoms with E-state index in [1.54, 1.807) is 0 Å². The summed E-state index contributed by atoms with van der Waals surface area (Å²) in [4.78, 5) is 9.43. The predicted octanol–water partition coefficient (Wildman–Crippen LogP) is 3.21. The van der Waals surface area contributed by atoms with E-state index >= 15 is 0 Å². The van der Waals surface area contributed by atoms with Crippen LogP contribution >= 0.6 is 0 Å². The molecule has 2 heterocycles. The van der Waals surface area contributed by atoms with E-state index in [0.717, 1.165) is 32.1 Å². The van der Waals surface area contributed by atoms with Gasteiger partial charge in [0.25, 0.3) is 0 Å². The fourth-order valence-electron chi connectivity index (χ4n) is 3.80. The molecule has 1 N–H and O–H groups in total. The number of aliphatic imine (C=N–C) groups is 1. The minimum Gasteiger partial charge on any atom is -0.371 e. The summed E-state index contributed by atoms with van der Waals surface area (Å²) < 4.78 is 0. The third-order valence-corrected chi connectivity index (χ3v) is 6.31. The number of benzene rings is 1. The van der Waals surface area contributed by atoms with Crippen molar-refractivity contribution >= 4 is 11.6 Å². The molecule has 1 atom stereocenters. The van der Waals surface area contributed by atoms with E-state index in [2.05, 4.69) is 78.1 Å². The Kier molecular flexibility index (Phi) is 4.50. The molecule has 2 aliphatic heterocycles. The van der Waals surface area contributed by atoms with Crippen LogP contribution in [0.5, 0.6) is 0 Å². The Morgan fingerprint density at radius 2 is 1.92 bits per heavy atom. The van der Waals surface area contributed by atoms with Crippen LogP contribution in [0, 0.1) is 11.3 Å². The summed E-state index contributed by atoms with van der Waals surface area (Å²) >= 11 is 0. The van der Waals surface area contributed by atoms with Crippen LogP contribution in [0.2, 0.25) is 0 Å². The molecule has 0 aliphatic carbocycles. The van der Waals surface area contributed by atoms with Gasteiger partial charge in [0.2, 0.25) is 0 Å². The largest absolute Gasteiger partial charge is 0.371 e. The van der Waals surface area contributed by atoms with Gasteiger partial charge in [-0.1, -0.05) is 32.0 Å². The summed E-state index contributed by atoms with van der Waals surface area (Å²) in [7, 11) is 1.90. The zero-order valence-corrected chi connectivity index (χ0v) is 15.8. The molecule has 0 saturated carbocycles. The molecule has 3 rings (SSSR count). The molecule has 0 amide bonds. The van der Waals surface area contributed by atoms with E-state index in [4.69, 9.17) is 0 Å². The second-order valence-corrected chi connectivity index (χ2v) is 8.39. The van der Waals surface area contributed by atoms with Crippen molar-refractivity contribution in [1.82, 2.24) is 10.2 Å². The van der Waals surface area contributed by atoms with Gasteiger partial charge < -0.3 is 15.1 Å². The first kappa shape index (κ1) is 17.1. The molecule has 0 bridgehead atoms. The summed E-state index contributed by atoms with van der Waals surface area (Å²) in [6.45, 7) is 13.7. The molecule has 0 aromatic heterocycles. The molecule has 0 radical (unpaired) electrons. The van der Waals surface area contributed by atoms with E-state index in [1.165, 1.54) is 12.1 Å². The Hall–Kier alpha value is -1.71. The average molecular weight is 329 g/mol. The normalized spacial score (nSPS) is 25.5. The van der Waals surface area contributed by atoms with Gasteiger partial charge in [0, 0.05) is 49.9 Å². The molecular weight excluding hydrogens is 296 g/mol. The highest BCUT2D eigenvalue weighted by Gasteiger charge is 2.53. The summed E-state index contributed by atoms with van der Waals surface area (Å²) in [5.74, 6) is 1.73. The van der Waals surface area contributed by atoms with Crippen molar-refractivity contribution in [3.63, 3.8) is 0 Å². The van der Waals surface area contributed by atoms with Crippen LogP contribution in [0.25, 0.3) is 0 Å². The Morgan fingerprint density at radius 3 is 2.50 bits per heavy atom. The molecule has 2 aliphatic rings. The van der Waals surface area contributed by atoms with Crippen LogP contribution in [0.3, 0.4) is 0 Å². The SMILES string of the molecule is CN=C(NCC1CCN(c2ccccc2)C1)N1CC(C)(C)C1(C)C. The summed E-state index contributed by atoms with van der Waals surface area (Å²) in [6.07, 6.45) is 1.24. The molecule has 0 spiro atoms. The molecule has 1 unspecified atom stereocenters. The van der Waals surface area contributed by atoms with E-state index in [9.17, 15) is 0 Å². The van der Waals surface area contributed by atoms with Crippen molar-refractivity contribution in [2.24, 2.45) is 16.3 Å². The fraction of sp³-hybridized carbons (Fsp3) is 0.650. The van der Waals surface area contributed by atoms with Crippen LogP contribution in [0.4, 0.5) is 5.69 Å². The third-order valence-electron chi connectivity index (χ3n) is 6.31. The van der Waals surface area contributed by atoms with E-state index in [-0.39, 0.29) is 5.54 Å². The number of anilines is 1. The fourth-order valence-corrected chi connectivity index (χ4v) is 3.80. The second-order valence-electron chi connectivity index (χ2n) is 8.39. The van der Waals surface area contributed by atoms with Gasteiger partial charge in [-0.15, -0.1) is 0 Å². The van der Waals surface area contributed by atoms with Crippen LogP contribution in [0.1, 0.15) is 34.1 Å². The number of para-hydroxylation sites is 1. The first-order valence-corrected chi connectivity index (χ1v) is 9.13. The van der Waals surface area contributed by atoms with Gasteiger partial charge in [0.05, 0.1) is 0 Å². The Labute approximate surface area is 146 Å². The summed E-state index contributed by atoms with van der Waals surface area (Å²) in [6, 6.07) is 10.7. The zero-order chi connectivity index (χ0) is 17.4. The van der Waals surface area contributed by atoms with Gasteiger partial charge in [-0.25, -0.2) is 0 Å². The number of nitrogens with zero attached hydrogens (tertiary/aromatic N) is 3. The minimum absolute atomic E-state index is 0.153. The lowest BCUT2D eigenvalue weighted by molar-refractivity contribution is -0.0668. The lowest BCUT2D eigenvalue weighted by atomic mass is 9.65. The third kappa shape index (κ3) is 2.99. The highest BCUT2D eigenvalue weighted by atomic mass is 15.4. The zero-order valence-electron chi connectivity index (χ0n) is 15.8. The molecule has 4 heteroatoms. The quantitative estimate of drug-likeness (QED) is 0.683. The molecule has 2 fully saturated rings. The van der Waals surface area contributed by atoms with Crippen LogP contribution in [0.15, 0.2) is 35.3 Å². The van der Waals surface area contributed by atoms with Crippen molar-refractivity contribution in [2.45, 2.75) is 39.7 Å². The topological polar surface area (TPSA) is 30.9 Å². The molecule has 1 aromatic rings. The lowest BCUT2D eigenvalue weighted by Crippen LogP contribution is -2.72. The smallest absolute Gasteiger partial charge is 0.194 e. The van der Waals surface area contributed by atoms with Crippen LogP contribution < -0.4 is 10.2 Å². The molecule has 1 aromatic carbocycles.